The number of aromatic nitrogens is 2. The molecule has 1 N–H and O–H groups in total. The van der Waals surface area contributed by atoms with E-state index in [-0.39, 0.29) is 31.0 Å². The van der Waals surface area contributed by atoms with Crippen LogP contribution in [-0.4, -0.2) is 57.9 Å². The van der Waals surface area contributed by atoms with Crippen LogP contribution in [0.4, 0.5) is 18.0 Å². The van der Waals surface area contributed by atoms with Crippen LogP contribution in [0.25, 0.3) is 11.4 Å². The zero-order valence-corrected chi connectivity index (χ0v) is 14.5. The third-order valence-corrected chi connectivity index (χ3v) is 3.98. The summed E-state index contributed by atoms with van der Waals surface area (Å²) in [5.41, 5.74) is 0.850. The first-order chi connectivity index (χ1) is 13.2. The standard InChI is InChI=1S/C16H14F3N5O4/c1-20-15(27)23-7-11(25)24(12(26)8-23)6-9-2-4-10(5-3-9)13-21-14(28-22-13)16(17,18)19/h2-5H,6-8H2,1H3,(H,20,27). The van der Waals surface area contributed by atoms with E-state index in [1.54, 1.807) is 0 Å². The topological polar surface area (TPSA) is 109 Å². The SMILES string of the molecule is CNC(=O)N1CC(=O)N(Cc2ccc(-c3noc(C(F)(F)F)n3)cc2)C(=O)C1. The summed E-state index contributed by atoms with van der Waals surface area (Å²) in [6.07, 6.45) is -4.73. The van der Waals surface area contributed by atoms with Gasteiger partial charge in [0.05, 0.1) is 6.54 Å². The lowest BCUT2D eigenvalue weighted by Crippen LogP contribution is -2.56. The van der Waals surface area contributed by atoms with Gasteiger partial charge in [0.1, 0.15) is 13.1 Å². The molecule has 1 aliphatic rings. The number of alkyl halides is 3. The third kappa shape index (κ3) is 3.94. The number of hydrogen-bond donors (Lipinski definition) is 1. The number of carbonyl (C=O) groups is 3. The molecule has 0 saturated carbocycles. The van der Waals surface area contributed by atoms with Gasteiger partial charge in [-0.2, -0.15) is 18.2 Å². The number of amides is 4. The molecule has 28 heavy (non-hydrogen) atoms. The summed E-state index contributed by atoms with van der Waals surface area (Å²) in [5, 5.41) is 5.63. The summed E-state index contributed by atoms with van der Waals surface area (Å²) in [6, 6.07) is 5.45. The van der Waals surface area contributed by atoms with Gasteiger partial charge in [0, 0.05) is 12.6 Å². The van der Waals surface area contributed by atoms with Gasteiger partial charge in [-0.3, -0.25) is 14.5 Å². The molecule has 148 valence electrons. The van der Waals surface area contributed by atoms with Crippen LogP contribution in [0, 0.1) is 0 Å². The fourth-order valence-electron chi connectivity index (χ4n) is 2.57. The molecule has 1 aromatic carbocycles. The number of nitrogens with one attached hydrogen (secondary N) is 1. The van der Waals surface area contributed by atoms with Gasteiger partial charge in [-0.1, -0.05) is 29.4 Å². The van der Waals surface area contributed by atoms with E-state index in [9.17, 15) is 27.6 Å². The zero-order chi connectivity index (χ0) is 20.5. The van der Waals surface area contributed by atoms with Crippen LogP contribution in [0.1, 0.15) is 11.5 Å². The molecular formula is C16H14F3N5O4. The maximum absolute atomic E-state index is 12.5. The van der Waals surface area contributed by atoms with Crippen molar-refractivity contribution >= 4 is 17.8 Å². The van der Waals surface area contributed by atoms with Crippen molar-refractivity contribution in [3.8, 4) is 11.4 Å². The first-order valence-corrected chi connectivity index (χ1v) is 7.99. The van der Waals surface area contributed by atoms with Crippen molar-refractivity contribution in [3.63, 3.8) is 0 Å². The zero-order valence-electron chi connectivity index (χ0n) is 14.5. The monoisotopic (exact) mass is 397 g/mol. The molecule has 0 unspecified atom stereocenters. The van der Waals surface area contributed by atoms with Gasteiger partial charge < -0.3 is 14.7 Å². The van der Waals surface area contributed by atoms with E-state index in [1.807, 2.05) is 0 Å². The number of halogens is 3. The highest BCUT2D eigenvalue weighted by atomic mass is 19.4. The summed E-state index contributed by atoms with van der Waals surface area (Å²) in [4.78, 5) is 41.3. The van der Waals surface area contributed by atoms with Crippen molar-refractivity contribution in [2.24, 2.45) is 0 Å². The average Bonchev–Trinajstić information content (AvgIpc) is 3.15. The van der Waals surface area contributed by atoms with Crippen molar-refractivity contribution in [1.29, 1.82) is 0 Å². The van der Waals surface area contributed by atoms with E-state index >= 15 is 0 Å². The Bertz CT molecular complexity index is 892. The second kappa shape index (κ2) is 7.29. The minimum Gasteiger partial charge on any atom is -0.341 e. The van der Waals surface area contributed by atoms with Crippen molar-refractivity contribution in [2.75, 3.05) is 20.1 Å². The molecule has 1 fully saturated rings. The van der Waals surface area contributed by atoms with E-state index < -0.39 is 29.9 Å². The summed E-state index contributed by atoms with van der Waals surface area (Å²) in [6.45, 7) is -0.487. The number of piperazine rings is 1. The van der Waals surface area contributed by atoms with Gasteiger partial charge in [-0.25, -0.2) is 4.79 Å². The fraction of sp³-hybridized carbons (Fsp3) is 0.312. The van der Waals surface area contributed by atoms with Gasteiger partial charge in [0.25, 0.3) is 0 Å². The number of nitrogens with zero attached hydrogens (tertiary/aromatic N) is 4. The van der Waals surface area contributed by atoms with Crippen molar-refractivity contribution in [1.82, 2.24) is 25.3 Å². The summed E-state index contributed by atoms with van der Waals surface area (Å²) >= 11 is 0. The normalized spacial score (nSPS) is 15.1. The molecule has 0 aliphatic carbocycles. The van der Waals surface area contributed by atoms with Crippen LogP contribution >= 0.6 is 0 Å². The molecule has 0 radical (unpaired) electrons. The van der Waals surface area contributed by atoms with Crippen LogP contribution < -0.4 is 5.32 Å². The molecule has 0 bridgehead atoms. The smallest absolute Gasteiger partial charge is 0.341 e. The van der Waals surface area contributed by atoms with Gasteiger partial charge >= 0.3 is 18.1 Å². The highest BCUT2D eigenvalue weighted by Crippen LogP contribution is 2.29. The van der Waals surface area contributed by atoms with E-state index in [0.29, 0.717) is 5.56 Å². The summed E-state index contributed by atoms with van der Waals surface area (Å²) in [7, 11) is 1.40. The van der Waals surface area contributed by atoms with Gasteiger partial charge in [0.2, 0.25) is 17.6 Å². The minimum atomic E-state index is -4.73. The molecule has 2 aromatic rings. The lowest BCUT2D eigenvalue weighted by Gasteiger charge is -2.32. The van der Waals surface area contributed by atoms with Crippen LogP contribution in [-0.2, 0) is 22.3 Å². The minimum absolute atomic E-state index is 0.0282. The van der Waals surface area contributed by atoms with E-state index in [0.717, 1.165) is 9.80 Å². The molecule has 1 aliphatic heterocycles. The van der Waals surface area contributed by atoms with Crippen molar-refractivity contribution < 1.29 is 32.1 Å². The van der Waals surface area contributed by atoms with Crippen LogP contribution in [0.2, 0.25) is 0 Å². The molecule has 1 saturated heterocycles. The van der Waals surface area contributed by atoms with Crippen LogP contribution in [0.15, 0.2) is 28.8 Å². The highest BCUT2D eigenvalue weighted by Gasteiger charge is 2.38. The average molecular weight is 397 g/mol. The summed E-state index contributed by atoms with van der Waals surface area (Å²) < 4.78 is 41.7. The van der Waals surface area contributed by atoms with Crippen molar-refractivity contribution in [3.05, 3.63) is 35.7 Å². The number of benzene rings is 1. The first kappa shape index (κ1) is 19.3. The maximum Gasteiger partial charge on any atom is 0.471 e. The largest absolute Gasteiger partial charge is 0.471 e. The Morgan fingerprint density at radius 2 is 1.79 bits per heavy atom. The van der Waals surface area contributed by atoms with Gasteiger partial charge in [0.15, 0.2) is 0 Å². The Kier molecular flexibility index (Phi) is 5.03. The molecule has 3 rings (SSSR count). The summed E-state index contributed by atoms with van der Waals surface area (Å²) in [5.74, 6) is -2.74. The quantitative estimate of drug-likeness (QED) is 0.782. The number of urea groups is 1. The molecule has 2 heterocycles. The van der Waals surface area contributed by atoms with E-state index in [1.165, 1.54) is 31.3 Å². The van der Waals surface area contributed by atoms with E-state index in [4.69, 9.17) is 0 Å². The Morgan fingerprint density at radius 1 is 1.18 bits per heavy atom. The van der Waals surface area contributed by atoms with Crippen LogP contribution in [0.5, 0.6) is 0 Å². The second-order valence-corrected chi connectivity index (χ2v) is 5.90. The van der Waals surface area contributed by atoms with Gasteiger partial charge in [-0.05, 0) is 5.56 Å². The molecule has 12 heteroatoms. The molecule has 0 spiro atoms. The fourth-order valence-corrected chi connectivity index (χ4v) is 2.57. The third-order valence-electron chi connectivity index (χ3n) is 3.98. The predicted octanol–water partition coefficient (Wildman–Crippen LogP) is 1.27. The Labute approximate surface area is 156 Å². The number of imide groups is 1. The molecule has 9 nitrogen and oxygen atoms in total. The first-order valence-electron chi connectivity index (χ1n) is 7.99. The number of hydrogen-bond acceptors (Lipinski definition) is 6. The second-order valence-electron chi connectivity index (χ2n) is 5.90. The molecule has 0 atom stereocenters. The van der Waals surface area contributed by atoms with Crippen LogP contribution in [0.3, 0.4) is 0 Å². The molecular weight excluding hydrogens is 383 g/mol. The highest BCUT2D eigenvalue weighted by molar-refractivity contribution is 6.02. The Balaban J connectivity index is 1.69. The Morgan fingerprint density at radius 3 is 2.29 bits per heavy atom. The Hall–Kier alpha value is -3.44. The lowest BCUT2D eigenvalue weighted by atomic mass is 10.1. The number of rotatable bonds is 3. The predicted molar refractivity (Wildman–Crippen MR) is 86.3 cm³/mol. The molecule has 4 amide bonds. The lowest BCUT2D eigenvalue weighted by molar-refractivity contribution is -0.159. The molecule has 1 aromatic heterocycles. The van der Waals surface area contributed by atoms with Crippen molar-refractivity contribution in [2.45, 2.75) is 12.7 Å². The maximum atomic E-state index is 12.5. The van der Waals surface area contributed by atoms with Gasteiger partial charge in [-0.15, -0.1) is 0 Å². The number of carbonyl (C=O) groups excluding carboxylic acids is 3. The van der Waals surface area contributed by atoms with E-state index in [2.05, 4.69) is 20.0 Å².